The average Bonchev–Trinajstić information content (AvgIpc) is 2.71. The number of nitrogens with zero attached hydrogens (tertiary/aromatic N) is 1. The number of furan rings is 1. The molecule has 1 saturated carbocycles. The van der Waals surface area contributed by atoms with E-state index in [1.807, 2.05) is 0 Å². The summed E-state index contributed by atoms with van der Waals surface area (Å²) in [6.07, 6.45) is 3.55. The molecule has 7 heteroatoms. The first kappa shape index (κ1) is 12.9. The number of carbonyl (C=O) groups is 1. The molecule has 0 spiro atoms. The van der Waals surface area contributed by atoms with Crippen molar-refractivity contribution in [3.8, 4) is 0 Å². The molecule has 1 fully saturated rings. The van der Waals surface area contributed by atoms with Gasteiger partial charge in [-0.05, 0) is 26.2 Å². The smallest absolute Gasteiger partial charge is 0.262 e. The lowest BCUT2D eigenvalue weighted by atomic mass is 9.80. The number of aromatic amines is 1. The van der Waals surface area contributed by atoms with Gasteiger partial charge in [0.2, 0.25) is 5.71 Å². The van der Waals surface area contributed by atoms with Crippen molar-refractivity contribution in [2.24, 2.45) is 0 Å². The number of aliphatic hydroxyl groups is 1. The monoisotopic (exact) mass is 277 g/mol. The van der Waals surface area contributed by atoms with E-state index in [4.69, 9.17) is 4.42 Å². The van der Waals surface area contributed by atoms with E-state index < -0.39 is 17.1 Å². The molecule has 2 heterocycles. The Bertz CT molecular complexity index is 727. The van der Waals surface area contributed by atoms with Crippen LogP contribution in [-0.4, -0.2) is 33.1 Å². The predicted octanol–water partition coefficient (Wildman–Crippen LogP) is 0.469. The van der Waals surface area contributed by atoms with E-state index in [1.54, 1.807) is 6.92 Å². The highest BCUT2D eigenvalue weighted by molar-refractivity contribution is 6.06. The van der Waals surface area contributed by atoms with Crippen LogP contribution in [0.15, 0.2) is 15.5 Å². The molecule has 0 aromatic carbocycles. The number of carbonyl (C=O) groups excluding carboxylic acids is 1. The third-order valence-electron chi connectivity index (χ3n) is 3.76. The number of amides is 1. The van der Waals surface area contributed by atoms with E-state index in [0.29, 0.717) is 18.6 Å². The highest BCUT2D eigenvalue weighted by Gasteiger charge is 2.35. The van der Waals surface area contributed by atoms with Gasteiger partial charge in [-0.2, -0.15) is 0 Å². The molecular weight excluding hydrogens is 262 g/mol. The van der Waals surface area contributed by atoms with Crippen molar-refractivity contribution >= 4 is 17.0 Å². The molecule has 0 radical (unpaired) electrons. The van der Waals surface area contributed by atoms with Crippen LogP contribution in [0.25, 0.3) is 11.1 Å². The Morgan fingerprint density at radius 3 is 3.00 bits per heavy atom. The molecule has 0 saturated heterocycles. The molecule has 2 aromatic rings. The van der Waals surface area contributed by atoms with Crippen molar-refractivity contribution in [2.45, 2.75) is 31.8 Å². The Morgan fingerprint density at radius 1 is 1.60 bits per heavy atom. The molecule has 1 aliphatic rings. The minimum atomic E-state index is -0.812. The number of hydrogen-bond donors (Lipinski definition) is 3. The first-order chi connectivity index (χ1) is 9.50. The number of nitrogens with one attached hydrogen (secondary N) is 2. The number of fused-ring (bicyclic) bond motifs is 1. The molecule has 7 nitrogen and oxygen atoms in total. The maximum Gasteiger partial charge on any atom is 0.262 e. The van der Waals surface area contributed by atoms with Gasteiger partial charge in [0.25, 0.3) is 11.5 Å². The van der Waals surface area contributed by atoms with Crippen molar-refractivity contribution in [2.75, 3.05) is 6.54 Å². The molecule has 20 heavy (non-hydrogen) atoms. The molecule has 0 bridgehead atoms. The molecule has 1 amide bonds. The summed E-state index contributed by atoms with van der Waals surface area (Å²) in [4.78, 5) is 30.3. The van der Waals surface area contributed by atoms with E-state index >= 15 is 0 Å². The molecule has 3 N–H and O–H groups in total. The highest BCUT2D eigenvalue weighted by atomic mass is 16.3. The van der Waals surface area contributed by atoms with E-state index in [-0.39, 0.29) is 23.2 Å². The normalized spacial score (nSPS) is 16.9. The number of H-pyrrole nitrogens is 1. The third kappa shape index (κ3) is 2.00. The van der Waals surface area contributed by atoms with Crippen molar-refractivity contribution in [1.82, 2.24) is 15.3 Å². The molecule has 0 aliphatic heterocycles. The molecule has 3 rings (SSSR count). The van der Waals surface area contributed by atoms with Crippen LogP contribution in [-0.2, 0) is 0 Å². The van der Waals surface area contributed by atoms with E-state index in [9.17, 15) is 14.7 Å². The summed E-state index contributed by atoms with van der Waals surface area (Å²) >= 11 is 0. The van der Waals surface area contributed by atoms with Gasteiger partial charge in [-0.1, -0.05) is 0 Å². The lowest BCUT2D eigenvalue weighted by molar-refractivity contribution is -0.0300. The van der Waals surface area contributed by atoms with Crippen LogP contribution in [0.4, 0.5) is 0 Å². The zero-order valence-corrected chi connectivity index (χ0v) is 11.0. The summed E-state index contributed by atoms with van der Waals surface area (Å²) in [5.74, 6) is -0.0950. The van der Waals surface area contributed by atoms with Crippen LogP contribution in [0.1, 0.15) is 35.4 Å². The summed E-state index contributed by atoms with van der Waals surface area (Å²) in [5.41, 5.74) is -0.913. The van der Waals surface area contributed by atoms with Crippen LogP contribution >= 0.6 is 0 Å². The first-order valence-corrected chi connectivity index (χ1v) is 6.47. The fraction of sp³-hybridized carbons (Fsp3) is 0.462. The van der Waals surface area contributed by atoms with Gasteiger partial charge in [-0.15, -0.1) is 0 Å². The summed E-state index contributed by atoms with van der Waals surface area (Å²) in [6, 6.07) is 0. The van der Waals surface area contributed by atoms with Crippen molar-refractivity contribution in [3.05, 3.63) is 28.0 Å². The number of rotatable bonds is 3. The van der Waals surface area contributed by atoms with E-state index in [1.165, 1.54) is 6.33 Å². The minimum absolute atomic E-state index is 0.138. The number of aryl methyl sites for hydroxylation is 1. The van der Waals surface area contributed by atoms with Gasteiger partial charge in [0, 0.05) is 6.54 Å². The average molecular weight is 277 g/mol. The Labute approximate surface area is 114 Å². The summed E-state index contributed by atoms with van der Waals surface area (Å²) < 4.78 is 5.32. The molecule has 1 aliphatic carbocycles. The first-order valence-electron chi connectivity index (χ1n) is 6.47. The number of hydrogen-bond acceptors (Lipinski definition) is 5. The van der Waals surface area contributed by atoms with E-state index in [2.05, 4.69) is 15.3 Å². The van der Waals surface area contributed by atoms with Crippen LogP contribution in [0.2, 0.25) is 0 Å². The van der Waals surface area contributed by atoms with Gasteiger partial charge in [0.15, 0.2) is 0 Å². The lowest BCUT2D eigenvalue weighted by Gasteiger charge is -2.36. The topological polar surface area (TPSA) is 108 Å². The van der Waals surface area contributed by atoms with Crippen LogP contribution in [0.3, 0.4) is 0 Å². The largest absolute Gasteiger partial charge is 0.442 e. The maximum atomic E-state index is 12.2. The second-order valence-electron chi connectivity index (χ2n) is 5.21. The summed E-state index contributed by atoms with van der Waals surface area (Å²) in [5, 5.41) is 12.8. The molecular formula is C13H15N3O4. The second kappa shape index (κ2) is 4.45. The quantitative estimate of drug-likeness (QED) is 0.755. The fourth-order valence-electron chi connectivity index (χ4n) is 2.42. The third-order valence-corrected chi connectivity index (χ3v) is 3.76. The molecule has 106 valence electrons. The van der Waals surface area contributed by atoms with Gasteiger partial charge in [0.1, 0.15) is 11.1 Å². The summed E-state index contributed by atoms with van der Waals surface area (Å²) in [6.45, 7) is 1.78. The van der Waals surface area contributed by atoms with Crippen molar-refractivity contribution in [1.29, 1.82) is 0 Å². The van der Waals surface area contributed by atoms with Gasteiger partial charge in [-0.3, -0.25) is 9.59 Å². The van der Waals surface area contributed by atoms with Gasteiger partial charge < -0.3 is 19.8 Å². The van der Waals surface area contributed by atoms with Crippen molar-refractivity contribution < 1.29 is 14.3 Å². The minimum Gasteiger partial charge on any atom is -0.442 e. The Kier molecular flexibility index (Phi) is 2.86. The second-order valence-corrected chi connectivity index (χ2v) is 5.21. The van der Waals surface area contributed by atoms with Crippen LogP contribution in [0.5, 0.6) is 0 Å². The Balaban J connectivity index is 1.91. The molecule has 2 aromatic heterocycles. The Morgan fingerprint density at radius 2 is 2.35 bits per heavy atom. The standard InChI is InChI=1S/C13H15N3O4/c1-7-8(9-11(18)15-6-16-12(9)20-7)10(17)14-5-13(19)3-2-4-13/h6,19H,2-5H2,1H3,(H,14,17)(H,15,16,18). The maximum absolute atomic E-state index is 12.2. The fourth-order valence-corrected chi connectivity index (χ4v) is 2.42. The Hall–Kier alpha value is -2.15. The lowest BCUT2D eigenvalue weighted by Crippen LogP contribution is -2.47. The van der Waals surface area contributed by atoms with Crippen LogP contribution in [0, 0.1) is 6.92 Å². The number of aromatic nitrogens is 2. The van der Waals surface area contributed by atoms with Crippen molar-refractivity contribution in [3.63, 3.8) is 0 Å². The molecule has 0 atom stereocenters. The van der Waals surface area contributed by atoms with Gasteiger partial charge in [0.05, 0.1) is 17.5 Å². The van der Waals surface area contributed by atoms with E-state index in [0.717, 1.165) is 6.42 Å². The zero-order valence-electron chi connectivity index (χ0n) is 11.0. The molecule has 0 unspecified atom stereocenters. The summed E-state index contributed by atoms with van der Waals surface area (Å²) in [7, 11) is 0. The van der Waals surface area contributed by atoms with Gasteiger partial charge in [-0.25, -0.2) is 4.98 Å². The zero-order chi connectivity index (χ0) is 14.3. The van der Waals surface area contributed by atoms with Crippen LogP contribution < -0.4 is 10.9 Å². The SMILES string of the molecule is Cc1oc2nc[nH]c(=O)c2c1C(=O)NCC1(O)CCC1. The highest BCUT2D eigenvalue weighted by Crippen LogP contribution is 2.30. The predicted molar refractivity (Wildman–Crippen MR) is 70.5 cm³/mol. The van der Waals surface area contributed by atoms with Gasteiger partial charge >= 0.3 is 0 Å².